The molecule has 0 heterocycles. The summed E-state index contributed by atoms with van der Waals surface area (Å²) in [6.07, 6.45) is 2.15. The van der Waals surface area contributed by atoms with E-state index in [1.165, 1.54) is 13.0 Å². The molecule has 23 heavy (non-hydrogen) atoms. The molecule has 0 N–H and O–H groups in total. The molecule has 0 saturated carbocycles. The normalized spacial score (nSPS) is 11.9. The molecule has 0 radical (unpaired) electrons. The van der Waals surface area contributed by atoms with Gasteiger partial charge >= 0.3 is 11.9 Å². The third-order valence-corrected chi connectivity index (χ3v) is 2.98. The van der Waals surface area contributed by atoms with Gasteiger partial charge in [0.25, 0.3) is 0 Å². The van der Waals surface area contributed by atoms with Gasteiger partial charge in [0.2, 0.25) is 6.29 Å². The van der Waals surface area contributed by atoms with Crippen molar-refractivity contribution in [2.75, 3.05) is 0 Å². The molecular weight excluding hydrogens is 292 g/mol. The maximum Gasteiger partial charge on any atom is 0.333 e. The topological polar surface area (TPSA) is 52.6 Å². The molecule has 0 bridgehead atoms. The molecule has 0 saturated heterocycles. The Balaban J connectivity index is 1.77. The van der Waals surface area contributed by atoms with Crippen LogP contribution in [0.4, 0.5) is 0 Å². The van der Waals surface area contributed by atoms with Gasteiger partial charge in [-0.2, -0.15) is 0 Å². The van der Waals surface area contributed by atoms with Crippen molar-refractivity contribution < 1.29 is 19.1 Å². The first-order valence-electron chi connectivity index (χ1n) is 7.30. The minimum absolute atomic E-state index is 0.141. The Morgan fingerprint density at radius 1 is 0.957 bits per heavy atom. The largest absolute Gasteiger partial charge is 0.425 e. The van der Waals surface area contributed by atoms with Crippen LogP contribution in [0.5, 0.6) is 0 Å². The highest BCUT2D eigenvalue weighted by Crippen LogP contribution is 2.05. The third-order valence-electron chi connectivity index (χ3n) is 2.98. The Morgan fingerprint density at radius 2 is 1.57 bits per heavy atom. The molecule has 0 aliphatic heterocycles. The Morgan fingerprint density at radius 3 is 2.22 bits per heavy atom. The van der Waals surface area contributed by atoms with E-state index in [9.17, 15) is 9.59 Å². The van der Waals surface area contributed by atoms with Crippen molar-refractivity contribution in [3.8, 4) is 0 Å². The molecule has 0 spiro atoms. The number of hydrogen-bond acceptors (Lipinski definition) is 4. The highest BCUT2D eigenvalue weighted by molar-refractivity contribution is 5.87. The summed E-state index contributed by atoms with van der Waals surface area (Å²) in [5.41, 5.74) is 1.73. The molecular formula is C19H18O4. The third kappa shape index (κ3) is 6.18. The zero-order valence-electron chi connectivity index (χ0n) is 12.8. The molecule has 0 aromatic heterocycles. The van der Waals surface area contributed by atoms with Crippen LogP contribution in [0.25, 0.3) is 6.08 Å². The first-order valence-corrected chi connectivity index (χ1v) is 7.30. The number of carbonyl (C=O) groups excluding carboxylic acids is 2. The van der Waals surface area contributed by atoms with Crippen molar-refractivity contribution >= 4 is 18.0 Å². The molecule has 4 heteroatoms. The van der Waals surface area contributed by atoms with Gasteiger partial charge < -0.3 is 9.47 Å². The summed E-state index contributed by atoms with van der Waals surface area (Å²) in [4.78, 5) is 23.4. The monoisotopic (exact) mass is 310 g/mol. The molecule has 4 nitrogen and oxygen atoms in total. The molecule has 2 aromatic carbocycles. The number of hydrogen-bond donors (Lipinski definition) is 0. The van der Waals surface area contributed by atoms with Crippen molar-refractivity contribution in [1.82, 2.24) is 0 Å². The molecule has 2 rings (SSSR count). The number of esters is 2. The average molecular weight is 310 g/mol. The van der Waals surface area contributed by atoms with Crippen LogP contribution in [0.1, 0.15) is 18.1 Å². The maximum absolute atomic E-state index is 11.8. The fourth-order valence-corrected chi connectivity index (χ4v) is 1.94. The van der Waals surface area contributed by atoms with Crippen molar-refractivity contribution in [3.63, 3.8) is 0 Å². The van der Waals surface area contributed by atoms with Crippen LogP contribution in [0.15, 0.2) is 66.7 Å². The lowest BCUT2D eigenvalue weighted by Gasteiger charge is -2.12. The second kappa shape index (κ2) is 8.54. The predicted octanol–water partition coefficient (Wildman–Crippen LogP) is 3.37. The molecule has 1 atom stereocenters. The van der Waals surface area contributed by atoms with Crippen LogP contribution in [-0.4, -0.2) is 18.2 Å². The van der Waals surface area contributed by atoms with Crippen molar-refractivity contribution in [2.45, 2.75) is 19.6 Å². The molecule has 0 amide bonds. The van der Waals surface area contributed by atoms with Gasteiger partial charge in [0.1, 0.15) is 0 Å². The van der Waals surface area contributed by atoms with Crippen LogP contribution in [0.2, 0.25) is 0 Å². The minimum atomic E-state index is -0.931. The van der Waals surface area contributed by atoms with E-state index in [1.54, 1.807) is 6.08 Å². The van der Waals surface area contributed by atoms with Crippen molar-refractivity contribution in [2.24, 2.45) is 0 Å². The van der Waals surface area contributed by atoms with E-state index in [0.29, 0.717) is 0 Å². The maximum atomic E-state index is 11.8. The zero-order valence-corrected chi connectivity index (χ0v) is 12.8. The van der Waals surface area contributed by atoms with Crippen LogP contribution >= 0.6 is 0 Å². The van der Waals surface area contributed by atoms with E-state index < -0.39 is 18.2 Å². The Hall–Kier alpha value is -2.88. The van der Waals surface area contributed by atoms with Gasteiger partial charge in [0.05, 0.1) is 6.42 Å². The summed E-state index contributed by atoms with van der Waals surface area (Å²) in [5, 5.41) is 0. The summed E-state index contributed by atoms with van der Waals surface area (Å²) in [6, 6.07) is 18.6. The second-order valence-corrected chi connectivity index (χ2v) is 4.90. The smallest absolute Gasteiger partial charge is 0.333 e. The fraction of sp³-hybridized carbons (Fsp3) is 0.158. The van der Waals surface area contributed by atoms with E-state index in [-0.39, 0.29) is 6.42 Å². The lowest BCUT2D eigenvalue weighted by Crippen LogP contribution is -2.21. The van der Waals surface area contributed by atoms with E-state index >= 15 is 0 Å². The summed E-state index contributed by atoms with van der Waals surface area (Å²) < 4.78 is 10.1. The molecule has 2 aromatic rings. The van der Waals surface area contributed by atoms with Gasteiger partial charge in [-0.15, -0.1) is 0 Å². The highest BCUT2D eigenvalue weighted by atomic mass is 16.7. The highest BCUT2D eigenvalue weighted by Gasteiger charge is 2.13. The lowest BCUT2D eigenvalue weighted by molar-refractivity contribution is -0.180. The molecule has 0 fully saturated rings. The van der Waals surface area contributed by atoms with Crippen LogP contribution < -0.4 is 0 Å². The summed E-state index contributed by atoms with van der Waals surface area (Å²) >= 11 is 0. The number of ether oxygens (including phenoxy) is 2. The van der Waals surface area contributed by atoms with E-state index in [0.717, 1.165) is 11.1 Å². The van der Waals surface area contributed by atoms with Gasteiger partial charge in [0, 0.05) is 13.0 Å². The Kier molecular flexibility index (Phi) is 6.12. The zero-order chi connectivity index (χ0) is 16.5. The van der Waals surface area contributed by atoms with Crippen molar-refractivity contribution in [1.29, 1.82) is 0 Å². The van der Waals surface area contributed by atoms with Crippen LogP contribution in [0.3, 0.4) is 0 Å². The molecule has 0 aliphatic carbocycles. The van der Waals surface area contributed by atoms with E-state index in [1.807, 2.05) is 60.7 Å². The van der Waals surface area contributed by atoms with Gasteiger partial charge in [-0.3, -0.25) is 4.79 Å². The van der Waals surface area contributed by atoms with E-state index in [4.69, 9.17) is 9.47 Å². The van der Waals surface area contributed by atoms with Gasteiger partial charge in [0.15, 0.2) is 0 Å². The van der Waals surface area contributed by atoms with Crippen LogP contribution in [0, 0.1) is 0 Å². The number of carbonyl (C=O) groups is 2. The molecule has 1 unspecified atom stereocenters. The summed E-state index contributed by atoms with van der Waals surface area (Å²) in [7, 11) is 0. The number of rotatable bonds is 6. The molecule has 0 aliphatic rings. The Bertz CT molecular complexity index is 662. The van der Waals surface area contributed by atoms with Gasteiger partial charge in [-0.1, -0.05) is 60.7 Å². The number of benzene rings is 2. The van der Waals surface area contributed by atoms with Crippen LogP contribution in [-0.2, 0) is 25.5 Å². The van der Waals surface area contributed by atoms with Crippen molar-refractivity contribution in [3.05, 3.63) is 77.9 Å². The minimum Gasteiger partial charge on any atom is -0.425 e. The first-order chi connectivity index (χ1) is 11.1. The van der Waals surface area contributed by atoms with Gasteiger partial charge in [-0.05, 0) is 17.2 Å². The average Bonchev–Trinajstić information content (AvgIpc) is 2.54. The lowest BCUT2D eigenvalue weighted by atomic mass is 10.2. The standard InChI is InChI=1S/C19H18O4/c1-15(23-19(21)14-17-10-6-3-7-11-17)22-18(20)13-12-16-8-4-2-5-9-16/h2-13,15H,14H2,1H3. The SMILES string of the molecule is CC(OC(=O)C=Cc1ccccc1)OC(=O)Cc1ccccc1. The summed E-state index contributed by atoms with van der Waals surface area (Å²) in [5.74, 6) is -1.00. The molecule has 118 valence electrons. The Labute approximate surface area is 135 Å². The predicted molar refractivity (Wildman–Crippen MR) is 87.3 cm³/mol. The fourth-order valence-electron chi connectivity index (χ4n) is 1.94. The first kappa shape index (κ1) is 16.5. The quantitative estimate of drug-likeness (QED) is 0.466. The second-order valence-electron chi connectivity index (χ2n) is 4.90. The van der Waals surface area contributed by atoms with E-state index in [2.05, 4.69) is 0 Å². The summed E-state index contributed by atoms with van der Waals surface area (Å²) in [6.45, 7) is 1.51. The van der Waals surface area contributed by atoms with Gasteiger partial charge in [-0.25, -0.2) is 4.79 Å².